The number of nitrogens with two attached hydrogens (primary N) is 1. The van der Waals surface area contributed by atoms with Crippen molar-refractivity contribution in [1.29, 1.82) is 0 Å². The van der Waals surface area contributed by atoms with Gasteiger partial charge in [-0.15, -0.1) is 0 Å². The van der Waals surface area contributed by atoms with Gasteiger partial charge in [-0.1, -0.05) is 6.07 Å². The Kier molecular flexibility index (Phi) is 5.71. The first-order valence-corrected chi connectivity index (χ1v) is 6.46. The van der Waals surface area contributed by atoms with Crippen molar-refractivity contribution in [3.05, 3.63) is 29.3 Å². The van der Waals surface area contributed by atoms with Gasteiger partial charge in [-0.25, -0.2) is 4.79 Å². The minimum Gasteiger partial charge on any atom is -0.366 e. The molecule has 1 aromatic rings. The van der Waals surface area contributed by atoms with Crippen molar-refractivity contribution >= 4 is 23.5 Å². The molecule has 0 aliphatic heterocycles. The molecule has 0 fully saturated rings. The zero-order chi connectivity index (χ0) is 16.0. The van der Waals surface area contributed by atoms with Crippen molar-refractivity contribution in [3.63, 3.8) is 0 Å². The molecule has 0 radical (unpaired) electrons. The van der Waals surface area contributed by atoms with E-state index in [-0.39, 0.29) is 18.9 Å². The van der Waals surface area contributed by atoms with Gasteiger partial charge in [0.2, 0.25) is 11.8 Å². The lowest BCUT2D eigenvalue weighted by Crippen LogP contribution is -2.33. The van der Waals surface area contributed by atoms with E-state index in [2.05, 4.69) is 10.6 Å². The Morgan fingerprint density at radius 1 is 1.24 bits per heavy atom. The summed E-state index contributed by atoms with van der Waals surface area (Å²) in [5, 5.41) is 5.15. The average Bonchev–Trinajstić information content (AvgIpc) is 2.40. The number of benzene rings is 1. The van der Waals surface area contributed by atoms with Gasteiger partial charge in [-0.3, -0.25) is 9.59 Å². The van der Waals surface area contributed by atoms with E-state index in [0.29, 0.717) is 11.3 Å². The van der Waals surface area contributed by atoms with Crippen molar-refractivity contribution in [2.45, 2.75) is 13.3 Å². The Morgan fingerprint density at radius 3 is 2.48 bits per heavy atom. The number of hydrogen-bond acceptors (Lipinski definition) is 3. The topological polar surface area (TPSA) is 105 Å². The van der Waals surface area contributed by atoms with Crippen LogP contribution in [0.5, 0.6) is 0 Å². The average molecular weight is 292 g/mol. The quantitative estimate of drug-likeness (QED) is 0.743. The third-order valence-corrected chi connectivity index (χ3v) is 2.88. The van der Waals surface area contributed by atoms with Gasteiger partial charge in [-0.05, 0) is 24.6 Å². The van der Waals surface area contributed by atoms with Crippen molar-refractivity contribution in [3.8, 4) is 0 Å². The van der Waals surface area contributed by atoms with Crippen LogP contribution in [0.2, 0.25) is 0 Å². The summed E-state index contributed by atoms with van der Waals surface area (Å²) in [4.78, 5) is 35.7. The molecule has 1 aromatic carbocycles. The molecule has 1 rings (SSSR count). The van der Waals surface area contributed by atoms with Gasteiger partial charge in [0.15, 0.2) is 0 Å². The van der Waals surface area contributed by atoms with Gasteiger partial charge >= 0.3 is 6.03 Å². The third-order valence-electron chi connectivity index (χ3n) is 2.88. The number of amides is 4. The number of primary amides is 1. The van der Waals surface area contributed by atoms with Gasteiger partial charge < -0.3 is 21.3 Å². The molecule has 0 heterocycles. The summed E-state index contributed by atoms with van der Waals surface area (Å²) < 4.78 is 0. The largest absolute Gasteiger partial charge is 0.366 e. The summed E-state index contributed by atoms with van der Waals surface area (Å²) in [5.41, 5.74) is 6.81. The fourth-order valence-electron chi connectivity index (χ4n) is 1.65. The molecule has 4 N–H and O–H groups in total. The Morgan fingerprint density at radius 2 is 1.90 bits per heavy atom. The second-order valence-corrected chi connectivity index (χ2v) is 4.81. The predicted molar refractivity (Wildman–Crippen MR) is 80.0 cm³/mol. The highest BCUT2D eigenvalue weighted by molar-refractivity contribution is 5.97. The highest BCUT2D eigenvalue weighted by Crippen LogP contribution is 2.14. The second kappa shape index (κ2) is 7.28. The first kappa shape index (κ1) is 16.5. The summed E-state index contributed by atoms with van der Waals surface area (Å²) >= 11 is 0. The lowest BCUT2D eigenvalue weighted by Gasteiger charge is -2.11. The van der Waals surface area contributed by atoms with Crippen LogP contribution in [0.4, 0.5) is 10.5 Å². The van der Waals surface area contributed by atoms with Crippen molar-refractivity contribution < 1.29 is 14.4 Å². The number of rotatable bonds is 5. The monoisotopic (exact) mass is 292 g/mol. The number of anilines is 1. The SMILES string of the molecule is Cc1ccc(NC(=O)NCCC(=O)N(C)C)cc1C(N)=O. The number of hydrogen-bond donors (Lipinski definition) is 3. The van der Waals surface area contributed by atoms with Crippen LogP contribution in [0.15, 0.2) is 18.2 Å². The van der Waals surface area contributed by atoms with E-state index in [1.165, 1.54) is 11.0 Å². The van der Waals surface area contributed by atoms with Crippen LogP contribution in [-0.4, -0.2) is 43.4 Å². The highest BCUT2D eigenvalue weighted by Gasteiger charge is 2.09. The van der Waals surface area contributed by atoms with Crippen LogP contribution < -0.4 is 16.4 Å². The number of urea groups is 1. The van der Waals surface area contributed by atoms with Crippen molar-refractivity contribution in [2.24, 2.45) is 5.73 Å². The summed E-state index contributed by atoms with van der Waals surface area (Å²) in [6.07, 6.45) is 0.223. The molecular formula is C14H20N4O3. The van der Waals surface area contributed by atoms with E-state index in [9.17, 15) is 14.4 Å². The fraction of sp³-hybridized carbons (Fsp3) is 0.357. The van der Waals surface area contributed by atoms with Gasteiger partial charge in [0.1, 0.15) is 0 Å². The smallest absolute Gasteiger partial charge is 0.319 e. The Hall–Kier alpha value is -2.57. The fourth-order valence-corrected chi connectivity index (χ4v) is 1.65. The zero-order valence-corrected chi connectivity index (χ0v) is 12.4. The molecule has 0 aliphatic rings. The maximum atomic E-state index is 11.7. The normalized spacial score (nSPS) is 9.86. The number of aryl methyl sites for hydroxylation is 1. The summed E-state index contributed by atoms with van der Waals surface area (Å²) in [6.45, 7) is 1.99. The number of nitrogens with one attached hydrogen (secondary N) is 2. The maximum Gasteiger partial charge on any atom is 0.319 e. The molecule has 4 amide bonds. The van der Waals surface area contributed by atoms with Crippen molar-refractivity contribution in [2.75, 3.05) is 26.0 Å². The van der Waals surface area contributed by atoms with E-state index < -0.39 is 11.9 Å². The van der Waals surface area contributed by atoms with Gasteiger partial charge in [-0.2, -0.15) is 0 Å². The minimum atomic E-state index is -0.548. The molecule has 0 bridgehead atoms. The molecule has 0 aromatic heterocycles. The molecule has 0 saturated heterocycles. The summed E-state index contributed by atoms with van der Waals surface area (Å²) in [7, 11) is 3.31. The lowest BCUT2D eigenvalue weighted by atomic mass is 10.1. The maximum absolute atomic E-state index is 11.7. The molecule has 0 spiro atoms. The Balaban J connectivity index is 2.54. The van der Waals surface area contributed by atoms with E-state index >= 15 is 0 Å². The van der Waals surface area contributed by atoms with Crippen LogP contribution >= 0.6 is 0 Å². The highest BCUT2D eigenvalue weighted by atomic mass is 16.2. The molecule has 21 heavy (non-hydrogen) atoms. The number of carbonyl (C=O) groups is 3. The Bertz CT molecular complexity index is 555. The number of carbonyl (C=O) groups excluding carboxylic acids is 3. The lowest BCUT2D eigenvalue weighted by molar-refractivity contribution is -0.128. The molecule has 0 aliphatic carbocycles. The number of nitrogens with zero attached hydrogens (tertiary/aromatic N) is 1. The molecule has 0 unspecified atom stereocenters. The molecular weight excluding hydrogens is 272 g/mol. The Labute approximate surface area is 123 Å². The third kappa shape index (κ3) is 5.13. The standard InChI is InChI=1S/C14H20N4O3/c1-9-4-5-10(8-11(9)13(15)20)17-14(21)16-7-6-12(19)18(2)3/h4-5,8H,6-7H2,1-3H3,(H2,15,20)(H2,16,17,21). The second-order valence-electron chi connectivity index (χ2n) is 4.81. The summed E-state index contributed by atoms with van der Waals surface area (Å²) in [5.74, 6) is -0.616. The van der Waals surface area contributed by atoms with Crippen LogP contribution in [0.25, 0.3) is 0 Å². The molecule has 7 heteroatoms. The van der Waals surface area contributed by atoms with Gasteiger partial charge in [0, 0.05) is 38.3 Å². The van der Waals surface area contributed by atoms with Crippen LogP contribution in [0.3, 0.4) is 0 Å². The molecule has 0 saturated carbocycles. The van der Waals surface area contributed by atoms with E-state index in [4.69, 9.17) is 5.73 Å². The van der Waals surface area contributed by atoms with Crippen LogP contribution in [0.1, 0.15) is 22.3 Å². The zero-order valence-electron chi connectivity index (χ0n) is 12.4. The molecule has 114 valence electrons. The van der Waals surface area contributed by atoms with Crippen LogP contribution in [0, 0.1) is 6.92 Å². The predicted octanol–water partition coefficient (Wildman–Crippen LogP) is 0.694. The van der Waals surface area contributed by atoms with Crippen LogP contribution in [-0.2, 0) is 4.79 Å². The van der Waals surface area contributed by atoms with E-state index in [1.54, 1.807) is 33.2 Å². The molecule has 0 atom stereocenters. The first-order chi connectivity index (χ1) is 9.81. The van der Waals surface area contributed by atoms with Crippen molar-refractivity contribution in [1.82, 2.24) is 10.2 Å². The van der Waals surface area contributed by atoms with E-state index in [1.807, 2.05) is 0 Å². The van der Waals surface area contributed by atoms with E-state index in [0.717, 1.165) is 5.56 Å². The minimum absolute atomic E-state index is 0.0679. The van der Waals surface area contributed by atoms with Gasteiger partial charge in [0.05, 0.1) is 0 Å². The summed E-state index contributed by atoms with van der Waals surface area (Å²) in [6, 6.07) is 4.45. The first-order valence-electron chi connectivity index (χ1n) is 6.46. The molecule has 7 nitrogen and oxygen atoms in total. The van der Waals surface area contributed by atoms with Gasteiger partial charge in [0.25, 0.3) is 0 Å².